The summed E-state index contributed by atoms with van der Waals surface area (Å²) in [7, 11) is 0. The Hall–Kier alpha value is -2.86. The minimum absolute atomic E-state index is 0.0277. The van der Waals surface area contributed by atoms with Crippen molar-refractivity contribution in [3.63, 3.8) is 0 Å². The van der Waals surface area contributed by atoms with Crippen LogP contribution in [0.1, 0.15) is 44.6 Å². The normalized spacial score (nSPS) is 14.7. The average Bonchev–Trinajstić information content (AvgIpc) is 2.83. The maximum Gasteiger partial charge on any atom is 0.262 e. The van der Waals surface area contributed by atoms with Crippen molar-refractivity contribution < 1.29 is 4.79 Å². The van der Waals surface area contributed by atoms with Crippen molar-refractivity contribution in [1.82, 2.24) is 14.9 Å². The van der Waals surface area contributed by atoms with Crippen LogP contribution in [-0.2, 0) is 11.3 Å². The van der Waals surface area contributed by atoms with Crippen LogP contribution in [0.5, 0.6) is 0 Å². The van der Waals surface area contributed by atoms with Gasteiger partial charge in [-0.3, -0.25) is 14.2 Å². The van der Waals surface area contributed by atoms with Crippen LogP contribution in [-0.4, -0.2) is 27.3 Å². The molecule has 0 fully saturated rings. The highest BCUT2D eigenvalue weighted by Crippen LogP contribution is 2.24. The van der Waals surface area contributed by atoms with Gasteiger partial charge in [0.25, 0.3) is 5.56 Å². The molecule has 0 spiro atoms. The predicted octanol–water partition coefficient (Wildman–Crippen LogP) is 4.93. The first-order chi connectivity index (χ1) is 15.6. The van der Waals surface area contributed by atoms with Crippen molar-refractivity contribution in [2.75, 3.05) is 6.54 Å². The molecular formula is C26H29N3O2S. The molecule has 1 aliphatic rings. The molecule has 1 aliphatic carbocycles. The SMILES string of the molecule is C[C@@H](Sc1nc2ccccc2c(=O)n1Cc1ccccc1)C(=O)NCCC1=CCCCC1. The van der Waals surface area contributed by atoms with E-state index in [-0.39, 0.29) is 16.7 Å². The lowest BCUT2D eigenvalue weighted by Gasteiger charge is -2.17. The minimum Gasteiger partial charge on any atom is -0.355 e. The van der Waals surface area contributed by atoms with E-state index in [0.29, 0.717) is 29.1 Å². The molecular weight excluding hydrogens is 418 g/mol. The fraction of sp³-hybridized carbons (Fsp3) is 0.346. The molecule has 32 heavy (non-hydrogen) atoms. The molecule has 0 unspecified atom stereocenters. The van der Waals surface area contributed by atoms with Gasteiger partial charge in [-0.05, 0) is 56.7 Å². The van der Waals surface area contributed by atoms with Crippen LogP contribution in [0.4, 0.5) is 0 Å². The highest BCUT2D eigenvalue weighted by molar-refractivity contribution is 8.00. The van der Waals surface area contributed by atoms with E-state index in [4.69, 9.17) is 4.98 Å². The van der Waals surface area contributed by atoms with Gasteiger partial charge in [-0.1, -0.05) is 65.9 Å². The smallest absolute Gasteiger partial charge is 0.262 e. The molecule has 1 aromatic heterocycles. The third kappa shape index (κ3) is 5.49. The number of benzene rings is 2. The lowest BCUT2D eigenvalue weighted by atomic mass is 9.97. The number of nitrogens with one attached hydrogen (secondary N) is 1. The van der Waals surface area contributed by atoms with Gasteiger partial charge in [-0.25, -0.2) is 4.98 Å². The van der Waals surface area contributed by atoms with E-state index in [2.05, 4.69) is 11.4 Å². The van der Waals surface area contributed by atoms with Crippen LogP contribution in [0.2, 0.25) is 0 Å². The Balaban J connectivity index is 1.51. The Kier molecular flexibility index (Phi) is 7.43. The van der Waals surface area contributed by atoms with Gasteiger partial charge < -0.3 is 5.32 Å². The number of rotatable bonds is 8. The number of carbonyl (C=O) groups is 1. The molecule has 5 nitrogen and oxygen atoms in total. The summed E-state index contributed by atoms with van der Waals surface area (Å²) in [6, 6.07) is 17.2. The monoisotopic (exact) mass is 447 g/mol. The molecule has 0 aliphatic heterocycles. The molecule has 2 aromatic carbocycles. The Morgan fingerprint density at radius 2 is 1.91 bits per heavy atom. The second-order valence-electron chi connectivity index (χ2n) is 8.20. The maximum absolute atomic E-state index is 13.3. The van der Waals surface area contributed by atoms with E-state index >= 15 is 0 Å². The van der Waals surface area contributed by atoms with E-state index in [0.717, 1.165) is 24.8 Å². The van der Waals surface area contributed by atoms with Crippen molar-refractivity contribution in [3.8, 4) is 0 Å². The van der Waals surface area contributed by atoms with Gasteiger partial charge >= 0.3 is 0 Å². The maximum atomic E-state index is 13.3. The zero-order valence-electron chi connectivity index (χ0n) is 18.4. The number of nitrogens with zero attached hydrogens (tertiary/aromatic N) is 2. The Morgan fingerprint density at radius 1 is 1.12 bits per heavy atom. The third-order valence-corrected chi connectivity index (χ3v) is 6.88. The first-order valence-electron chi connectivity index (χ1n) is 11.3. The van der Waals surface area contributed by atoms with E-state index in [1.165, 1.54) is 30.2 Å². The molecule has 1 amide bonds. The van der Waals surface area contributed by atoms with Crippen LogP contribution in [0.15, 0.2) is 76.2 Å². The molecule has 0 saturated heterocycles. The molecule has 0 bridgehead atoms. The van der Waals surface area contributed by atoms with Crippen LogP contribution < -0.4 is 10.9 Å². The van der Waals surface area contributed by atoms with Crippen molar-refractivity contribution in [1.29, 1.82) is 0 Å². The number of allylic oxidation sites excluding steroid dienone is 1. The Bertz CT molecular complexity index is 1170. The van der Waals surface area contributed by atoms with Crippen molar-refractivity contribution in [2.24, 2.45) is 0 Å². The number of fused-ring (bicyclic) bond motifs is 1. The number of carbonyl (C=O) groups excluding carboxylic acids is 1. The third-order valence-electron chi connectivity index (χ3n) is 5.79. The average molecular weight is 448 g/mol. The standard InChI is InChI=1S/C26H29N3O2S/c1-19(24(30)27-17-16-20-10-4-2-5-11-20)32-26-28-23-15-9-8-14-22(23)25(31)29(26)18-21-12-6-3-7-13-21/h3,6-10,12-15,19H,2,4-5,11,16-18H2,1H3,(H,27,30)/t19-/m1/s1. The van der Waals surface area contributed by atoms with Gasteiger partial charge in [0.2, 0.25) is 5.91 Å². The summed E-state index contributed by atoms with van der Waals surface area (Å²) in [5.41, 5.74) is 3.04. The van der Waals surface area contributed by atoms with E-state index in [1.54, 1.807) is 10.6 Å². The van der Waals surface area contributed by atoms with Gasteiger partial charge in [-0.15, -0.1) is 0 Å². The molecule has 0 saturated carbocycles. The fourth-order valence-electron chi connectivity index (χ4n) is 3.98. The molecule has 1 atom stereocenters. The zero-order chi connectivity index (χ0) is 22.3. The van der Waals surface area contributed by atoms with E-state index in [1.807, 2.05) is 55.5 Å². The van der Waals surface area contributed by atoms with Gasteiger partial charge in [0, 0.05) is 6.54 Å². The van der Waals surface area contributed by atoms with Gasteiger partial charge in [-0.2, -0.15) is 0 Å². The van der Waals surface area contributed by atoms with Crippen molar-refractivity contribution in [2.45, 2.75) is 56.0 Å². The molecule has 6 heteroatoms. The predicted molar refractivity (Wildman–Crippen MR) is 131 cm³/mol. The quantitative estimate of drug-likeness (QED) is 0.302. The first-order valence-corrected chi connectivity index (χ1v) is 12.2. The topological polar surface area (TPSA) is 64.0 Å². The first kappa shape index (κ1) is 22.3. The Labute approximate surface area is 192 Å². The highest BCUT2D eigenvalue weighted by atomic mass is 32.2. The second kappa shape index (κ2) is 10.6. The molecule has 1 heterocycles. The highest BCUT2D eigenvalue weighted by Gasteiger charge is 2.19. The van der Waals surface area contributed by atoms with Crippen LogP contribution in [0, 0.1) is 0 Å². The molecule has 4 rings (SSSR count). The van der Waals surface area contributed by atoms with Crippen LogP contribution >= 0.6 is 11.8 Å². The second-order valence-corrected chi connectivity index (χ2v) is 9.51. The molecule has 0 radical (unpaired) electrons. The summed E-state index contributed by atoms with van der Waals surface area (Å²) in [5, 5.41) is 3.85. The summed E-state index contributed by atoms with van der Waals surface area (Å²) in [4.78, 5) is 30.7. The van der Waals surface area contributed by atoms with Gasteiger partial charge in [0.1, 0.15) is 0 Å². The summed E-state index contributed by atoms with van der Waals surface area (Å²) in [5.74, 6) is -0.0277. The van der Waals surface area contributed by atoms with Crippen molar-refractivity contribution >= 4 is 28.6 Å². The summed E-state index contributed by atoms with van der Waals surface area (Å²) in [6.45, 7) is 2.94. The molecule has 3 aromatic rings. The zero-order valence-corrected chi connectivity index (χ0v) is 19.2. The number of hydrogen-bond acceptors (Lipinski definition) is 4. The summed E-state index contributed by atoms with van der Waals surface area (Å²) < 4.78 is 1.68. The van der Waals surface area contributed by atoms with Crippen LogP contribution in [0.3, 0.4) is 0 Å². The summed E-state index contributed by atoms with van der Waals surface area (Å²) in [6.07, 6.45) is 8.05. The van der Waals surface area contributed by atoms with Gasteiger partial charge in [0.15, 0.2) is 5.16 Å². The Morgan fingerprint density at radius 3 is 2.69 bits per heavy atom. The number of aromatic nitrogens is 2. The van der Waals surface area contributed by atoms with E-state index < -0.39 is 0 Å². The largest absolute Gasteiger partial charge is 0.355 e. The van der Waals surface area contributed by atoms with Crippen molar-refractivity contribution in [3.05, 3.63) is 82.2 Å². The van der Waals surface area contributed by atoms with Gasteiger partial charge in [0.05, 0.1) is 22.7 Å². The fourth-order valence-corrected chi connectivity index (χ4v) is 4.91. The number of thioether (sulfide) groups is 1. The molecule has 1 N–H and O–H groups in total. The van der Waals surface area contributed by atoms with E-state index in [9.17, 15) is 9.59 Å². The number of para-hydroxylation sites is 1. The minimum atomic E-state index is -0.356. The summed E-state index contributed by atoms with van der Waals surface area (Å²) >= 11 is 1.34. The number of amides is 1. The van der Waals surface area contributed by atoms with Crippen LogP contribution in [0.25, 0.3) is 10.9 Å². The lowest BCUT2D eigenvalue weighted by Crippen LogP contribution is -2.33. The number of hydrogen-bond donors (Lipinski definition) is 1. The lowest BCUT2D eigenvalue weighted by molar-refractivity contribution is -0.120. The molecule has 166 valence electrons.